The number of aryl methyl sites for hydroxylation is 1. The van der Waals surface area contributed by atoms with Crippen LogP contribution in [-0.2, 0) is 6.42 Å². The fourth-order valence-electron chi connectivity index (χ4n) is 3.44. The lowest BCUT2D eigenvalue weighted by atomic mass is 9.93. The Hall–Kier alpha value is -3.45. The second-order valence-electron chi connectivity index (χ2n) is 7.06. The quantitative estimate of drug-likeness (QED) is 0.349. The van der Waals surface area contributed by atoms with Crippen molar-refractivity contribution in [3.63, 3.8) is 0 Å². The number of amides is 1. The van der Waals surface area contributed by atoms with Gasteiger partial charge in [0.25, 0.3) is 5.91 Å². The monoisotopic (exact) mass is 440 g/mol. The molecule has 1 heterocycles. The van der Waals surface area contributed by atoms with Gasteiger partial charge >= 0.3 is 5.97 Å². The van der Waals surface area contributed by atoms with Crippen LogP contribution < -0.4 is 10.2 Å². The van der Waals surface area contributed by atoms with E-state index in [2.05, 4.69) is 10.5 Å². The zero-order valence-corrected chi connectivity index (χ0v) is 17.3. The molecule has 6 nitrogen and oxygen atoms in total. The summed E-state index contributed by atoms with van der Waals surface area (Å²) in [6, 6.07) is 11.7. The Bertz CT molecular complexity index is 1180. The number of hydrogen-bond acceptors (Lipinski definition) is 5. The molecule has 4 rings (SSSR count). The molecule has 1 aliphatic carbocycles. The predicted octanol–water partition coefficient (Wildman–Crippen LogP) is 5.07. The molecule has 1 aromatic heterocycles. The molecule has 1 amide bonds. The molecule has 0 atom stereocenters. The first-order chi connectivity index (χ1) is 14.9. The summed E-state index contributed by atoms with van der Waals surface area (Å²) in [4.78, 5) is 25.0. The molecule has 0 unspecified atom stereocenters. The van der Waals surface area contributed by atoms with Gasteiger partial charge in [0.2, 0.25) is 5.76 Å². The number of nitrogens with one attached hydrogen (secondary N) is 1. The van der Waals surface area contributed by atoms with Crippen molar-refractivity contribution in [3.05, 3.63) is 87.6 Å². The minimum Gasteiger partial charge on any atom is -0.453 e. The Morgan fingerprint density at radius 2 is 1.94 bits per heavy atom. The molecule has 8 heteroatoms. The average Bonchev–Trinajstić information content (AvgIpc) is 3.11. The van der Waals surface area contributed by atoms with Gasteiger partial charge < -0.3 is 9.15 Å². The Balaban J connectivity index is 1.56. The molecule has 0 aliphatic heterocycles. The van der Waals surface area contributed by atoms with E-state index in [0.717, 1.165) is 6.42 Å². The molecule has 0 bridgehead atoms. The summed E-state index contributed by atoms with van der Waals surface area (Å²) in [5.41, 5.74) is 4.84. The van der Waals surface area contributed by atoms with Crippen molar-refractivity contribution in [2.75, 3.05) is 0 Å². The van der Waals surface area contributed by atoms with Crippen LogP contribution in [0.15, 0.2) is 58.0 Å². The Morgan fingerprint density at radius 1 is 1.16 bits per heavy atom. The number of halogens is 2. The van der Waals surface area contributed by atoms with E-state index >= 15 is 0 Å². The van der Waals surface area contributed by atoms with Crippen molar-refractivity contribution in [3.8, 4) is 5.75 Å². The van der Waals surface area contributed by atoms with Crippen molar-refractivity contribution in [1.29, 1.82) is 0 Å². The first-order valence-electron chi connectivity index (χ1n) is 9.65. The fourth-order valence-corrected chi connectivity index (χ4v) is 3.63. The van der Waals surface area contributed by atoms with E-state index in [-0.39, 0.29) is 17.4 Å². The molecule has 0 saturated carbocycles. The minimum absolute atomic E-state index is 0.0603. The number of furan rings is 1. The highest BCUT2D eigenvalue weighted by Gasteiger charge is 2.29. The van der Waals surface area contributed by atoms with Crippen molar-refractivity contribution in [1.82, 2.24) is 5.43 Å². The first-order valence-corrected chi connectivity index (χ1v) is 10.0. The number of ether oxygens (including phenoxy) is 1. The highest BCUT2D eigenvalue weighted by molar-refractivity contribution is 6.31. The van der Waals surface area contributed by atoms with Crippen molar-refractivity contribution in [2.24, 2.45) is 5.10 Å². The highest BCUT2D eigenvalue weighted by atomic mass is 35.5. The summed E-state index contributed by atoms with van der Waals surface area (Å²) in [5.74, 6) is -0.608. The van der Waals surface area contributed by atoms with Gasteiger partial charge in [0.05, 0.1) is 5.71 Å². The minimum atomic E-state index is -0.680. The molecular formula is C23H18ClFN2O4. The van der Waals surface area contributed by atoms with E-state index in [4.69, 9.17) is 20.8 Å². The molecule has 0 radical (unpaired) electrons. The average molecular weight is 441 g/mol. The van der Waals surface area contributed by atoms with Crippen LogP contribution >= 0.6 is 11.6 Å². The van der Waals surface area contributed by atoms with Crippen LogP contribution in [0.3, 0.4) is 0 Å². The maximum Gasteiger partial charge on any atom is 0.379 e. The highest BCUT2D eigenvalue weighted by Crippen LogP contribution is 2.30. The number of nitrogens with zero attached hydrogens (tertiary/aromatic N) is 1. The second kappa shape index (κ2) is 8.73. The summed E-state index contributed by atoms with van der Waals surface area (Å²) >= 11 is 5.93. The number of fused-ring (bicyclic) bond motifs is 1. The van der Waals surface area contributed by atoms with Crippen molar-refractivity contribution in [2.45, 2.75) is 26.2 Å². The third-order valence-corrected chi connectivity index (χ3v) is 5.15. The van der Waals surface area contributed by atoms with Gasteiger partial charge in [0, 0.05) is 28.1 Å². The summed E-state index contributed by atoms with van der Waals surface area (Å²) in [6.45, 7) is 1.74. The van der Waals surface area contributed by atoms with Gasteiger partial charge in [-0.3, -0.25) is 4.79 Å². The fraction of sp³-hybridized carbons (Fsp3) is 0.174. The SMILES string of the molecule is Cc1c(C(=O)Oc2ccc(F)cc2)oc2c1/C(=N/NC(=O)c1cccc(Cl)c1)CCC2. The molecule has 31 heavy (non-hydrogen) atoms. The number of rotatable bonds is 4. The van der Waals surface area contributed by atoms with Gasteiger partial charge in [0.1, 0.15) is 17.3 Å². The molecule has 1 aliphatic rings. The van der Waals surface area contributed by atoms with Crippen LogP contribution in [0.2, 0.25) is 5.02 Å². The molecule has 2 aromatic carbocycles. The lowest BCUT2D eigenvalue weighted by Crippen LogP contribution is -2.22. The van der Waals surface area contributed by atoms with Crippen LogP contribution in [0.1, 0.15) is 50.6 Å². The third kappa shape index (κ3) is 4.51. The molecule has 0 fully saturated rings. The smallest absolute Gasteiger partial charge is 0.379 e. The number of carbonyl (C=O) groups excluding carboxylic acids is 2. The Kier molecular flexibility index (Phi) is 5.86. The van der Waals surface area contributed by atoms with Crippen LogP contribution in [0.5, 0.6) is 5.75 Å². The van der Waals surface area contributed by atoms with E-state index in [1.165, 1.54) is 24.3 Å². The molecule has 3 aromatic rings. The summed E-state index contributed by atoms with van der Waals surface area (Å²) in [5, 5.41) is 4.73. The standard InChI is InChI=1S/C23H18ClFN2O4/c1-13-20-18(26-27-22(28)14-4-2-5-15(24)12-14)6-3-7-19(20)31-21(13)23(29)30-17-10-8-16(25)9-11-17/h2,4-5,8-12H,3,6-7H2,1H3,(H,27,28)/b26-18+. The zero-order valence-electron chi connectivity index (χ0n) is 16.6. The second-order valence-corrected chi connectivity index (χ2v) is 7.50. The maximum atomic E-state index is 13.1. The largest absolute Gasteiger partial charge is 0.453 e. The van der Waals surface area contributed by atoms with Gasteiger partial charge in [-0.1, -0.05) is 17.7 Å². The molecule has 0 spiro atoms. The van der Waals surface area contributed by atoms with E-state index in [9.17, 15) is 14.0 Å². The van der Waals surface area contributed by atoms with Crippen LogP contribution in [0.4, 0.5) is 4.39 Å². The number of hydrazone groups is 1. The molecular weight excluding hydrogens is 423 g/mol. The summed E-state index contributed by atoms with van der Waals surface area (Å²) in [6.07, 6.45) is 2.02. The molecule has 158 valence electrons. The lowest BCUT2D eigenvalue weighted by molar-refractivity contribution is 0.0698. The van der Waals surface area contributed by atoms with E-state index in [0.29, 0.717) is 46.0 Å². The van der Waals surface area contributed by atoms with Crippen molar-refractivity contribution >= 4 is 29.2 Å². The predicted molar refractivity (Wildman–Crippen MR) is 113 cm³/mol. The molecule has 1 N–H and O–H groups in total. The normalized spacial score (nSPS) is 14.2. The van der Waals surface area contributed by atoms with Gasteiger partial charge in [-0.15, -0.1) is 0 Å². The van der Waals surface area contributed by atoms with Gasteiger partial charge in [-0.2, -0.15) is 5.10 Å². The van der Waals surface area contributed by atoms with Gasteiger partial charge in [-0.25, -0.2) is 14.6 Å². The van der Waals surface area contributed by atoms with Crippen LogP contribution in [-0.4, -0.2) is 17.6 Å². The van der Waals surface area contributed by atoms with Gasteiger partial charge in [-0.05, 0) is 62.2 Å². The first kappa shape index (κ1) is 20.8. The van der Waals surface area contributed by atoms with Crippen LogP contribution in [0.25, 0.3) is 0 Å². The molecule has 0 saturated heterocycles. The van der Waals surface area contributed by atoms with E-state index in [1.54, 1.807) is 31.2 Å². The zero-order chi connectivity index (χ0) is 22.0. The summed E-state index contributed by atoms with van der Waals surface area (Å²) in [7, 11) is 0. The third-order valence-electron chi connectivity index (χ3n) is 4.91. The number of benzene rings is 2. The number of carbonyl (C=O) groups is 2. The van der Waals surface area contributed by atoms with Gasteiger partial charge in [0.15, 0.2) is 0 Å². The number of esters is 1. The number of hydrogen-bond donors (Lipinski definition) is 1. The van der Waals surface area contributed by atoms with Crippen molar-refractivity contribution < 1.29 is 23.1 Å². The Labute approximate surface area is 182 Å². The Morgan fingerprint density at radius 3 is 2.68 bits per heavy atom. The maximum absolute atomic E-state index is 13.1. The van der Waals surface area contributed by atoms with Crippen LogP contribution in [0, 0.1) is 12.7 Å². The summed E-state index contributed by atoms with van der Waals surface area (Å²) < 4.78 is 24.1. The van der Waals surface area contributed by atoms with E-state index < -0.39 is 11.8 Å². The van der Waals surface area contributed by atoms with E-state index in [1.807, 2.05) is 0 Å². The topological polar surface area (TPSA) is 80.9 Å². The lowest BCUT2D eigenvalue weighted by Gasteiger charge is -2.13.